The molecule has 1 saturated heterocycles. The van der Waals surface area contributed by atoms with Crippen molar-refractivity contribution in [3.05, 3.63) is 12.2 Å². The lowest BCUT2D eigenvalue weighted by atomic mass is 10.0. The molecule has 1 spiro atoms. The highest BCUT2D eigenvalue weighted by molar-refractivity contribution is 5.85. The summed E-state index contributed by atoms with van der Waals surface area (Å²) in [7, 11) is 0. The maximum atomic E-state index is 11.0. The number of esters is 1. The van der Waals surface area contributed by atoms with Crippen LogP contribution in [0.25, 0.3) is 0 Å². The second-order valence-electron chi connectivity index (χ2n) is 5.85. The zero-order valence-electron chi connectivity index (χ0n) is 12.3. The topological polar surface area (TPSA) is 59.1 Å². The first kappa shape index (κ1) is 15.5. The highest BCUT2D eigenvalue weighted by Crippen LogP contribution is 2.45. The minimum atomic E-state index is -0.934. The maximum Gasteiger partial charge on any atom is 0.333 e. The van der Waals surface area contributed by atoms with Crippen molar-refractivity contribution in [2.24, 2.45) is 0 Å². The summed E-state index contributed by atoms with van der Waals surface area (Å²) in [6.45, 7) is 2.23. The molecule has 4 nitrogen and oxygen atoms in total. The van der Waals surface area contributed by atoms with E-state index < -0.39 is 11.9 Å². The summed E-state index contributed by atoms with van der Waals surface area (Å²) < 4.78 is 10.4. The van der Waals surface area contributed by atoms with Crippen LogP contribution < -0.4 is 0 Å². The lowest BCUT2D eigenvalue weighted by Crippen LogP contribution is -2.24. The molecule has 20 heavy (non-hydrogen) atoms. The average molecular weight is 282 g/mol. The van der Waals surface area contributed by atoms with Crippen LogP contribution in [0.15, 0.2) is 12.2 Å². The summed E-state index contributed by atoms with van der Waals surface area (Å²) in [6, 6.07) is 0. The van der Waals surface area contributed by atoms with Crippen molar-refractivity contribution in [3.8, 4) is 0 Å². The second-order valence-corrected chi connectivity index (χ2v) is 5.85. The lowest BCUT2D eigenvalue weighted by molar-refractivity contribution is -0.144. The number of aliphatic hydroxyl groups is 1. The van der Waals surface area contributed by atoms with Crippen molar-refractivity contribution in [2.75, 3.05) is 0 Å². The highest BCUT2D eigenvalue weighted by atomic mass is 16.8. The molecule has 1 fully saturated rings. The molecule has 0 aliphatic carbocycles. The third kappa shape index (κ3) is 4.06. The molecule has 2 rings (SSSR count). The van der Waals surface area contributed by atoms with Crippen LogP contribution in [-0.4, -0.2) is 29.1 Å². The van der Waals surface area contributed by atoms with Crippen molar-refractivity contribution in [1.29, 1.82) is 0 Å². The number of hydrogen-bond donors (Lipinski definition) is 1. The van der Waals surface area contributed by atoms with Crippen LogP contribution >= 0.6 is 0 Å². The molecule has 0 aromatic rings. The van der Waals surface area contributed by atoms with Crippen molar-refractivity contribution in [2.45, 2.75) is 82.7 Å². The van der Waals surface area contributed by atoms with Gasteiger partial charge in [0.2, 0.25) is 0 Å². The molecule has 2 aliphatic heterocycles. The molecule has 2 heterocycles. The molecule has 4 heteroatoms. The number of hydrogen-bond acceptors (Lipinski definition) is 4. The van der Waals surface area contributed by atoms with Gasteiger partial charge >= 0.3 is 5.97 Å². The summed E-state index contributed by atoms with van der Waals surface area (Å²) in [5, 5.41) is 10.0. The number of epoxide rings is 1. The van der Waals surface area contributed by atoms with Crippen LogP contribution in [0.5, 0.6) is 0 Å². The van der Waals surface area contributed by atoms with Gasteiger partial charge in [-0.2, -0.15) is 0 Å². The van der Waals surface area contributed by atoms with Gasteiger partial charge in [0.15, 0.2) is 6.10 Å². The van der Waals surface area contributed by atoms with Crippen LogP contribution in [0.2, 0.25) is 0 Å². The van der Waals surface area contributed by atoms with Gasteiger partial charge in [0.25, 0.3) is 5.79 Å². The Balaban J connectivity index is 1.49. The Morgan fingerprint density at radius 1 is 1.20 bits per heavy atom. The van der Waals surface area contributed by atoms with Crippen molar-refractivity contribution < 1.29 is 19.4 Å². The number of rotatable bonds is 10. The molecular formula is C16H26O4. The summed E-state index contributed by atoms with van der Waals surface area (Å²) in [4.78, 5) is 11.0. The molecule has 2 aliphatic rings. The van der Waals surface area contributed by atoms with Crippen molar-refractivity contribution in [1.82, 2.24) is 0 Å². The van der Waals surface area contributed by atoms with E-state index in [1.165, 1.54) is 44.6 Å². The number of ether oxygens (including phenoxy) is 2. The molecule has 0 aromatic carbocycles. The van der Waals surface area contributed by atoms with E-state index in [9.17, 15) is 9.90 Å². The van der Waals surface area contributed by atoms with E-state index in [-0.39, 0.29) is 12.1 Å². The predicted octanol–water partition coefficient (Wildman–Crippen LogP) is 3.09. The highest BCUT2D eigenvalue weighted by Gasteiger charge is 2.63. The second kappa shape index (κ2) is 7.23. The van der Waals surface area contributed by atoms with E-state index in [2.05, 4.69) is 6.92 Å². The average Bonchev–Trinajstić information content (AvgIpc) is 3.00. The van der Waals surface area contributed by atoms with Gasteiger partial charge in [0.1, 0.15) is 0 Å². The third-order valence-electron chi connectivity index (χ3n) is 4.07. The van der Waals surface area contributed by atoms with Gasteiger partial charge in [-0.15, -0.1) is 0 Å². The Hall–Kier alpha value is -0.870. The molecule has 0 bridgehead atoms. The smallest absolute Gasteiger partial charge is 0.333 e. The molecule has 0 unspecified atom stereocenters. The Kier molecular flexibility index (Phi) is 5.61. The van der Waals surface area contributed by atoms with Crippen LogP contribution in [-0.2, 0) is 14.3 Å². The largest absolute Gasteiger partial charge is 0.423 e. The van der Waals surface area contributed by atoms with E-state index in [1.807, 2.05) is 0 Å². The summed E-state index contributed by atoms with van der Waals surface area (Å²) in [6.07, 6.45) is 12.8. The predicted molar refractivity (Wildman–Crippen MR) is 76.1 cm³/mol. The zero-order chi connectivity index (χ0) is 14.4. The molecular weight excluding hydrogens is 256 g/mol. The van der Waals surface area contributed by atoms with Gasteiger partial charge < -0.3 is 14.6 Å². The maximum absolute atomic E-state index is 11.0. The number of aliphatic hydroxyl groups excluding tert-OH is 1. The van der Waals surface area contributed by atoms with E-state index in [0.29, 0.717) is 6.42 Å². The van der Waals surface area contributed by atoms with Gasteiger partial charge in [0, 0.05) is 6.08 Å². The summed E-state index contributed by atoms with van der Waals surface area (Å²) in [5.74, 6) is -1.32. The number of carbonyl (C=O) groups excluding carboxylic acids is 1. The van der Waals surface area contributed by atoms with Crippen LogP contribution in [0.4, 0.5) is 0 Å². The van der Waals surface area contributed by atoms with E-state index in [0.717, 1.165) is 12.8 Å². The van der Waals surface area contributed by atoms with Crippen LogP contribution in [0.3, 0.4) is 0 Å². The van der Waals surface area contributed by atoms with Crippen LogP contribution in [0.1, 0.15) is 64.7 Å². The van der Waals surface area contributed by atoms with Crippen molar-refractivity contribution >= 4 is 5.97 Å². The minimum Gasteiger partial charge on any atom is -0.423 e. The first-order chi connectivity index (χ1) is 9.68. The summed E-state index contributed by atoms with van der Waals surface area (Å²) in [5.41, 5.74) is 0. The standard InChI is InChI=1S/C16H26O4/c1-2-3-4-5-6-7-8-9-10-13(17)15-16(20-15)12-11-14(18)19-16/h11-13,15,17H,2-10H2,1H3/t13-,15+,16+/m1/s1. The number of unbranched alkanes of at least 4 members (excludes halogenated alkanes) is 7. The van der Waals surface area contributed by atoms with Gasteiger partial charge in [-0.1, -0.05) is 58.3 Å². The van der Waals surface area contributed by atoms with E-state index in [1.54, 1.807) is 6.08 Å². The minimum absolute atomic E-state index is 0.366. The van der Waals surface area contributed by atoms with E-state index >= 15 is 0 Å². The SMILES string of the molecule is CCCCCCCCCC[C@@H](O)[C@@H]1O[C@@]12C=CC(=O)O2. The fourth-order valence-electron chi connectivity index (χ4n) is 2.78. The zero-order valence-corrected chi connectivity index (χ0v) is 12.3. The molecule has 3 atom stereocenters. The summed E-state index contributed by atoms with van der Waals surface area (Å²) >= 11 is 0. The molecule has 0 radical (unpaired) electrons. The molecule has 0 aromatic heterocycles. The van der Waals surface area contributed by atoms with Gasteiger partial charge in [-0.05, 0) is 12.5 Å². The third-order valence-corrected chi connectivity index (χ3v) is 4.07. The first-order valence-electron chi connectivity index (χ1n) is 7.96. The Morgan fingerprint density at radius 3 is 2.45 bits per heavy atom. The van der Waals surface area contributed by atoms with Gasteiger partial charge in [0.05, 0.1) is 6.10 Å². The first-order valence-corrected chi connectivity index (χ1v) is 7.96. The van der Waals surface area contributed by atoms with Gasteiger partial charge in [-0.25, -0.2) is 4.79 Å². The quantitative estimate of drug-likeness (QED) is 0.380. The van der Waals surface area contributed by atoms with E-state index in [4.69, 9.17) is 9.47 Å². The van der Waals surface area contributed by atoms with Crippen molar-refractivity contribution in [3.63, 3.8) is 0 Å². The Morgan fingerprint density at radius 2 is 1.85 bits per heavy atom. The molecule has 114 valence electrons. The lowest BCUT2D eigenvalue weighted by Gasteiger charge is -2.09. The molecule has 0 saturated carbocycles. The monoisotopic (exact) mass is 282 g/mol. The number of carbonyl (C=O) groups is 1. The van der Waals surface area contributed by atoms with Gasteiger partial charge in [-0.3, -0.25) is 0 Å². The fraction of sp³-hybridized carbons (Fsp3) is 0.812. The Labute approximate surface area is 121 Å². The fourth-order valence-corrected chi connectivity index (χ4v) is 2.78. The Bertz CT molecular complexity index is 352. The van der Waals surface area contributed by atoms with Crippen LogP contribution in [0, 0.1) is 0 Å². The molecule has 0 amide bonds. The molecule has 1 N–H and O–H groups in total. The normalized spacial score (nSPS) is 28.9.